The molecule has 0 saturated carbocycles. The fourth-order valence-electron chi connectivity index (χ4n) is 3.51. The number of hydrogen-bond donors (Lipinski definition) is 2. The lowest BCUT2D eigenvalue weighted by Gasteiger charge is -2.31. The zero-order chi connectivity index (χ0) is 19.1. The number of amides is 1. The Hall–Kier alpha value is -1.44. The van der Waals surface area contributed by atoms with Gasteiger partial charge in [0.15, 0.2) is 0 Å². The van der Waals surface area contributed by atoms with Crippen molar-refractivity contribution >= 4 is 23.2 Å². The second-order valence-corrected chi connectivity index (χ2v) is 7.91. The molecule has 0 aromatic carbocycles. The summed E-state index contributed by atoms with van der Waals surface area (Å²) in [6.07, 6.45) is 4.98. The van der Waals surface area contributed by atoms with Crippen LogP contribution in [-0.4, -0.2) is 52.8 Å². The van der Waals surface area contributed by atoms with Crippen molar-refractivity contribution in [2.45, 2.75) is 70.1 Å². The van der Waals surface area contributed by atoms with E-state index in [1.54, 1.807) is 24.1 Å². The number of hydrogen-bond acceptors (Lipinski definition) is 5. The molecule has 1 aliphatic rings. The van der Waals surface area contributed by atoms with Crippen molar-refractivity contribution in [2.75, 3.05) is 13.7 Å². The molecule has 0 aliphatic carbocycles. The minimum absolute atomic E-state index is 0.0767. The van der Waals surface area contributed by atoms with Gasteiger partial charge in [-0.15, -0.1) is 11.3 Å². The van der Waals surface area contributed by atoms with E-state index >= 15 is 0 Å². The molecule has 6 nitrogen and oxygen atoms in total. The molecule has 146 valence electrons. The van der Waals surface area contributed by atoms with Crippen molar-refractivity contribution in [2.24, 2.45) is 0 Å². The van der Waals surface area contributed by atoms with Crippen molar-refractivity contribution in [1.82, 2.24) is 4.90 Å². The molecule has 26 heavy (non-hydrogen) atoms. The summed E-state index contributed by atoms with van der Waals surface area (Å²) in [7, 11) is 1.59. The number of methoxy groups -OCH3 is 1. The minimum Gasteiger partial charge on any atom is -0.477 e. The fraction of sp³-hybridized carbons (Fsp3) is 0.684. The predicted octanol–water partition coefficient (Wildman–Crippen LogP) is 3.46. The number of ether oxygens (including phenoxy) is 1. The zero-order valence-electron chi connectivity index (χ0n) is 15.5. The normalized spacial score (nSPS) is 19.7. The maximum Gasteiger partial charge on any atom is 0.345 e. The summed E-state index contributed by atoms with van der Waals surface area (Å²) in [6, 6.07) is 3.23. The third-order valence-electron chi connectivity index (χ3n) is 4.94. The van der Waals surface area contributed by atoms with Crippen molar-refractivity contribution in [3.05, 3.63) is 21.9 Å². The fourth-order valence-corrected chi connectivity index (χ4v) is 4.49. The van der Waals surface area contributed by atoms with Gasteiger partial charge in [-0.05, 0) is 31.4 Å². The van der Waals surface area contributed by atoms with Gasteiger partial charge in [-0.2, -0.15) is 0 Å². The SMILES string of the molecule is CCCCC[C@H](O)CCN1C(=O)CCC1[C@@H](OC)c1ccc(C(=O)O)s1. The molecule has 1 aliphatic heterocycles. The third-order valence-corrected chi connectivity index (χ3v) is 6.07. The second-order valence-electron chi connectivity index (χ2n) is 6.79. The summed E-state index contributed by atoms with van der Waals surface area (Å²) < 4.78 is 5.64. The van der Waals surface area contributed by atoms with Gasteiger partial charge >= 0.3 is 5.97 Å². The summed E-state index contributed by atoms with van der Waals surface area (Å²) in [5.41, 5.74) is 0. The molecule has 7 heteroatoms. The Morgan fingerprint density at radius 1 is 1.38 bits per heavy atom. The summed E-state index contributed by atoms with van der Waals surface area (Å²) in [6.45, 7) is 2.64. The van der Waals surface area contributed by atoms with Crippen molar-refractivity contribution in [3.63, 3.8) is 0 Å². The van der Waals surface area contributed by atoms with Gasteiger partial charge < -0.3 is 19.8 Å². The van der Waals surface area contributed by atoms with Crippen LogP contribution in [0, 0.1) is 0 Å². The molecular weight excluding hydrogens is 354 g/mol. The second kappa shape index (κ2) is 10.0. The van der Waals surface area contributed by atoms with Gasteiger partial charge in [-0.3, -0.25) is 4.79 Å². The van der Waals surface area contributed by atoms with Crippen LogP contribution >= 0.6 is 11.3 Å². The maximum absolute atomic E-state index is 12.3. The van der Waals surface area contributed by atoms with Crippen LogP contribution in [-0.2, 0) is 9.53 Å². The highest BCUT2D eigenvalue weighted by Crippen LogP contribution is 2.36. The highest BCUT2D eigenvalue weighted by molar-refractivity contribution is 7.14. The van der Waals surface area contributed by atoms with E-state index in [0.717, 1.165) is 30.6 Å². The number of aromatic carboxylic acids is 1. The van der Waals surface area contributed by atoms with E-state index in [-0.39, 0.29) is 22.9 Å². The highest BCUT2D eigenvalue weighted by atomic mass is 32.1. The predicted molar refractivity (Wildman–Crippen MR) is 101 cm³/mol. The molecule has 0 radical (unpaired) electrons. The largest absolute Gasteiger partial charge is 0.477 e. The first-order valence-electron chi connectivity index (χ1n) is 9.31. The molecule has 2 N–H and O–H groups in total. The van der Waals surface area contributed by atoms with E-state index in [1.165, 1.54) is 11.3 Å². The summed E-state index contributed by atoms with van der Waals surface area (Å²) in [5.74, 6) is -0.876. The molecule has 3 atom stereocenters. The number of aliphatic hydroxyl groups excluding tert-OH is 1. The first kappa shape index (κ1) is 20.9. The van der Waals surface area contributed by atoms with E-state index in [0.29, 0.717) is 25.8 Å². The summed E-state index contributed by atoms with van der Waals surface area (Å²) in [5, 5.41) is 19.3. The van der Waals surface area contributed by atoms with Gasteiger partial charge in [-0.25, -0.2) is 4.79 Å². The van der Waals surface area contributed by atoms with Crippen LogP contribution in [0.4, 0.5) is 0 Å². The average Bonchev–Trinajstić information content (AvgIpc) is 3.22. The van der Waals surface area contributed by atoms with E-state index < -0.39 is 12.1 Å². The van der Waals surface area contributed by atoms with Crippen molar-refractivity contribution in [1.29, 1.82) is 0 Å². The zero-order valence-corrected chi connectivity index (χ0v) is 16.3. The monoisotopic (exact) mass is 383 g/mol. The Morgan fingerprint density at radius 2 is 2.15 bits per heavy atom. The first-order valence-corrected chi connectivity index (χ1v) is 10.1. The van der Waals surface area contributed by atoms with Crippen LogP contribution in [0.25, 0.3) is 0 Å². The van der Waals surface area contributed by atoms with E-state index in [1.807, 2.05) is 0 Å². The Kier molecular flexibility index (Phi) is 8.06. The van der Waals surface area contributed by atoms with Crippen molar-refractivity contribution < 1.29 is 24.5 Å². The third kappa shape index (κ3) is 5.28. The quantitative estimate of drug-likeness (QED) is 0.572. The summed E-state index contributed by atoms with van der Waals surface area (Å²) >= 11 is 1.19. The lowest BCUT2D eigenvalue weighted by atomic mass is 10.0. The Morgan fingerprint density at radius 3 is 2.77 bits per heavy atom. The lowest BCUT2D eigenvalue weighted by molar-refractivity contribution is -0.131. The molecule has 1 amide bonds. The van der Waals surface area contributed by atoms with Crippen LogP contribution in [0.5, 0.6) is 0 Å². The van der Waals surface area contributed by atoms with Gasteiger partial charge in [0.2, 0.25) is 5.91 Å². The number of unbranched alkanes of at least 4 members (excludes halogenated alkanes) is 2. The van der Waals surface area contributed by atoms with E-state index in [2.05, 4.69) is 6.92 Å². The number of carbonyl (C=O) groups excluding carboxylic acids is 1. The standard InChI is InChI=1S/C19H29NO5S/c1-3-4-5-6-13(21)11-12-20-14(7-10-17(20)22)18(25-2)15-8-9-16(26-15)19(23)24/h8-9,13-14,18,21H,3-7,10-12H2,1-2H3,(H,23,24)/t13-,14?,18+/m0/s1. The Labute approximate surface area is 158 Å². The molecule has 0 spiro atoms. The van der Waals surface area contributed by atoms with Gasteiger partial charge in [0.1, 0.15) is 11.0 Å². The van der Waals surface area contributed by atoms with Crippen LogP contribution in [0.1, 0.15) is 72.5 Å². The van der Waals surface area contributed by atoms with Gasteiger partial charge in [0.25, 0.3) is 0 Å². The number of thiophene rings is 1. The topological polar surface area (TPSA) is 87.1 Å². The van der Waals surface area contributed by atoms with E-state index in [9.17, 15) is 14.7 Å². The van der Waals surface area contributed by atoms with Gasteiger partial charge in [0.05, 0.1) is 12.1 Å². The molecule has 2 heterocycles. The highest BCUT2D eigenvalue weighted by Gasteiger charge is 2.38. The van der Waals surface area contributed by atoms with Crippen LogP contribution in [0.2, 0.25) is 0 Å². The van der Waals surface area contributed by atoms with Gasteiger partial charge in [0, 0.05) is 25.0 Å². The number of nitrogens with zero attached hydrogens (tertiary/aromatic N) is 1. The van der Waals surface area contributed by atoms with Crippen LogP contribution in [0.15, 0.2) is 12.1 Å². The lowest BCUT2D eigenvalue weighted by Crippen LogP contribution is -2.39. The van der Waals surface area contributed by atoms with Crippen LogP contribution in [0.3, 0.4) is 0 Å². The number of carboxylic acid groups (broad SMARTS) is 1. The molecule has 1 unspecified atom stereocenters. The minimum atomic E-state index is -0.953. The maximum atomic E-state index is 12.3. The molecule has 0 bridgehead atoms. The molecule has 1 aromatic heterocycles. The number of carboxylic acids is 1. The average molecular weight is 384 g/mol. The van der Waals surface area contributed by atoms with Crippen LogP contribution < -0.4 is 0 Å². The molecule has 2 rings (SSSR count). The number of rotatable bonds is 11. The summed E-state index contributed by atoms with van der Waals surface area (Å²) in [4.78, 5) is 26.3. The molecular formula is C19H29NO5S. The number of likely N-dealkylation sites (tertiary alicyclic amines) is 1. The van der Waals surface area contributed by atoms with E-state index in [4.69, 9.17) is 9.84 Å². The Bertz CT molecular complexity index is 603. The first-order chi connectivity index (χ1) is 12.5. The van der Waals surface area contributed by atoms with Gasteiger partial charge in [-0.1, -0.05) is 26.2 Å². The number of carbonyl (C=O) groups is 2. The number of aliphatic hydroxyl groups is 1. The smallest absolute Gasteiger partial charge is 0.345 e. The molecule has 1 saturated heterocycles. The molecule has 1 fully saturated rings. The Balaban J connectivity index is 2.00. The molecule has 1 aromatic rings. The van der Waals surface area contributed by atoms with Crippen molar-refractivity contribution in [3.8, 4) is 0 Å².